The fourth-order valence-corrected chi connectivity index (χ4v) is 2.05. The molecule has 1 aliphatic rings. The minimum absolute atomic E-state index is 0.252. The second-order valence-corrected chi connectivity index (χ2v) is 4.91. The maximum Gasteiger partial charge on any atom is 0.136 e. The number of Topliss-reactive ketones (excluding diaryl/α,β-unsaturated/α-hetero) is 1. The van der Waals surface area contributed by atoms with Gasteiger partial charge in [-0.25, -0.2) is 0 Å². The van der Waals surface area contributed by atoms with Gasteiger partial charge in [-0.2, -0.15) is 0 Å². The second-order valence-electron chi connectivity index (χ2n) is 4.91. The largest absolute Gasteiger partial charge is 0.299 e. The zero-order valence-electron chi connectivity index (χ0n) is 8.81. The van der Waals surface area contributed by atoms with Crippen molar-refractivity contribution in [2.75, 3.05) is 0 Å². The zero-order valence-corrected chi connectivity index (χ0v) is 8.81. The Morgan fingerprint density at radius 3 is 2.85 bits per heavy atom. The van der Waals surface area contributed by atoms with Crippen LogP contribution < -0.4 is 0 Å². The van der Waals surface area contributed by atoms with Crippen LogP contribution in [0.3, 0.4) is 0 Å². The average molecular weight is 180 g/mol. The van der Waals surface area contributed by atoms with Crippen molar-refractivity contribution >= 4 is 5.78 Å². The highest BCUT2D eigenvalue weighted by Crippen LogP contribution is 2.37. The summed E-state index contributed by atoms with van der Waals surface area (Å²) in [5.41, 5.74) is 0.252. The third kappa shape index (κ3) is 2.98. The average Bonchev–Trinajstić information content (AvgIpc) is 2.02. The van der Waals surface area contributed by atoms with Crippen LogP contribution in [-0.2, 0) is 4.79 Å². The summed E-state index contributed by atoms with van der Waals surface area (Å²) in [4.78, 5) is 11.7. The topological polar surface area (TPSA) is 17.1 Å². The number of rotatable bonds is 3. The number of ketones is 1. The number of carbonyl (C=O) groups is 1. The van der Waals surface area contributed by atoms with Crippen LogP contribution >= 0.6 is 0 Å². The number of carbonyl (C=O) groups excluding carboxylic acids is 1. The molecule has 0 aromatic rings. The van der Waals surface area contributed by atoms with Gasteiger partial charge in [-0.15, -0.1) is 6.58 Å². The summed E-state index contributed by atoms with van der Waals surface area (Å²) in [5.74, 6) is 0.795. The molecule has 0 spiro atoms. The molecule has 1 fully saturated rings. The zero-order chi connectivity index (χ0) is 9.90. The Morgan fingerprint density at radius 2 is 2.31 bits per heavy atom. The van der Waals surface area contributed by atoms with Crippen LogP contribution in [-0.4, -0.2) is 5.78 Å². The summed E-state index contributed by atoms with van der Waals surface area (Å²) in [7, 11) is 0. The van der Waals surface area contributed by atoms with Crippen molar-refractivity contribution < 1.29 is 4.79 Å². The maximum atomic E-state index is 11.7. The SMILES string of the molecule is C=CCCC1CCC(C)(C)CC1=O. The molecule has 13 heavy (non-hydrogen) atoms. The lowest BCUT2D eigenvalue weighted by Crippen LogP contribution is -2.29. The van der Waals surface area contributed by atoms with Crippen LogP contribution in [0.15, 0.2) is 12.7 Å². The Morgan fingerprint density at radius 1 is 1.62 bits per heavy atom. The molecule has 0 N–H and O–H groups in total. The van der Waals surface area contributed by atoms with Crippen molar-refractivity contribution in [1.29, 1.82) is 0 Å². The van der Waals surface area contributed by atoms with Crippen LogP contribution in [0.25, 0.3) is 0 Å². The van der Waals surface area contributed by atoms with Crippen molar-refractivity contribution in [3.8, 4) is 0 Å². The molecule has 0 aliphatic heterocycles. The minimum Gasteiger partial charge on any atom is -0.299 e. The van der Waals surface area contributed by atoms with E-state index in [1.807, 2.05) is 6.08 Å². The molecule has 1 atom stereocenters. The van der Waals surface area contributed by atoms with Gasteiger partial charge in [0.15, 0.2) is 0 Å². The predicted octanol–water partition coefficient (Wildman–Crippen LogP) is 3.35. The van der Waals surface area contributed by atoms with E-state index in [0.29, 0.717) is 11.7 Å². The minimum atomic E-state index is 0.252. The van der Waals surface area contributed by atoms with E-state index >= 15 is 0 Å². The summed E-state index contributed by atoms with van der Waals surface area (Å²) in [5, 5.41) is 0. The van der Waals surface area contributed by atoms with Crippen LogP contribution in [0.2, 0.25) is 0 Å². The summed E-state index contributed by atoms with van der Waals surface area (Å²) in [6.07, 6.45) is 6.96. The van der Waals surface area contributed by atoms with Gasteiger partial charge in [-0.3, -0.25) is 4.79 Å². The van der Waals surface area contributed by atoms with Gasteiger partial charge < -0.3 is 0 Å². The Bertz CT molecular complexity index is 203. The molecule has 1 unspecified atom stereocenters. The lowest BCUT2D eigenvalue weighted by Gasteiger charge is -2.32. The standard InChI is InChI=1S/C12H20O/c1-4-5-6-10-7-8-12(2,3)9-11(10)13/h4,10H,1,5-9H2,2-3H3. The van der Waals surface area contributed by atoms with E-state index < -0.39 is 0 Å². The van der Waals surface area contributed by atoms with E-state index in [0.717, 1.165) is 25.7 Å². The van der Waals surface area contributed by atoms with Gasteiger partial charge in [0.1, 0.15) is 5.78 Å². The highest BCUT2D eigenvalue weighted by molar-refractivity contribution is 5.82. The van der Waals surface area contributed by atoms with Crippen molar-refractivity contribution in [2.24, 2.45) is 11.3 Å². The molecule has 1 rings (SSSR count). The molecule has 0 amide bonds. The molecular weight excluding hydrogens is 160 g/mol. The van der Waals surface area contributed by atoms with Gasteiger partial charge in [-0.05, 0) is 31.1 Å². The van der Waals surface area contributed by atoms with E-state index in [1.165, 1.54) is 6.42 Å². The molecule has 1 saturated carbocycles. The number of allylic oxidation sites excluding steroid dienone is 1. The van der Waals surface area contributed by atoms with Crippen LogP contribution in [0.5, 0.6) is 0 Å². The van der Waals surface area contributed by atoms with Crippen molar-refractivity contribution in [2.45, 2.75) is 46.0 Å². The lowest BCUT2D eigenvalue weighted by molar-refractivity contribution is -0.127. The quantitative estimate of drug-likeness (QED) is 0.609. The third-order valence-corrected chi connectivity index (χ3v) is 3.00. The molecule has 0 aromatic carbocycles. The van der Waals surface area contributed by atoms with Crippen molar-refractivity contribution in [3.05, 3.63) is 12.7 Å². The van der Waals surface area contributed by atoms with E-state index in [-0.39, 0.29) is 5.41 Å². The van der Waals surface area contributed by atoms with Gasteiger partial charge in [-0.1, -0.05) is 19.9 Å². The first-order valence-electron chi connectivity index (χ1n) is 5.19. The first-order chi connectivity index (χ1) is 6.05. The Labute approximate surface area is 81.2 Å². The van der Waals surface area contributed by atoms with Crippen LogP contribution in [0, 0.1) is 11.3 Å². The normalized spacial score (nSPS) is 27.2. The van der Waals surface area contributed by atoms with Gasteiger partial charge >= 0.3 is 0 Å². The Hall–Kier alpha value is -0.590. The van der Waals surface area contributed by atoms with Crippen LogP contribution in [0.4, 0.5) is 0 Å². The summed E-state index contributed by atoms with van der Waals surface area (Å²) in [6.45, 7) is 8.07. The predicted molar refractivity (Wildman–Crippen MR) is 55.6 cm³/mol. The third-order valence-electron chi connectivity index (χ3n) is 3.00. The fraction of sp³-hybridized carbons (Fsp3) is 0.750. The number of hydrogen-bond acceptors (Lipinski definition) is 1. The fourth-order valence-electron chi connectivity index (χ4n) is 2.05. The van der Waals surface area contributed by atoms with E-state index in [4.69, 9.17) is 0 Å². The molecule has 1 aliphatic carbocycles. The smallest absolute Gasteiger partial charge is 0.136 e. The van der Waals surface area contributed by atoms with Crippen LogP contribution in [0.1, 0.15) is 46.0 Å². The lowest BCUT2D eigenvalue weighted by atomic mass is 9.71. The van der Waals surface area contributed by atoms with Gasteiger partial charge in [0.25, 0.3) is 0 Å². The van der Waals surface area contributed by atoms with E-state index in [9.17, 15) is 4.79 Å². The highest BCUT2D eigenvalue weighted by atomic mass is 16.1. The number of hydrogen-bond donors (Lipinski definition) is 0. The molecular formula is C12H20O. The Balaban J connectivity index is 2.44. The molecule has 1 heteroatoms. The molecule has 0 bridgehead atoms. The van der Waals surface area contributed by atoms with Crippen molar-refractivity contribution in [1.82, 2.24) is 0 Å². The monoisotopic (exact) mass is 180 g/mol. The molecule has 0 radical (unpaired) electrons. The van der Waals surface area contributed by atoms with E-state index in [1.54, 1.807) is 0 Å². The summed E-state index contributed by atoms with van der Waals surface area (Å²) >= 11 is 0. The Kier molecular flexibility index (Phi) is 3.29. The first kappa shape index (κ1) is 10.5. The molecule has 1 nitrogen and oxygen atoms in total. The van der Waals surface area contributed by atoms with Gasteiger partial charge in [0, 0.05) is 12.3 Å². The molecule has 74 valence electrons. The van der Waals surface area contributed by atoms with E-state index in [2.05, 4.69) is 20.4 Å². The maximum absolute atomic E-state index is 11.7. The molecule has 0 saturated heterocycles. The first-order valence-corrected chi connectivity index (χ1v) is 5.19. The second kappa shape index (κ2) is 4.08. The highest BCUT2D eigenvalue weighted by Gasteiger charge is 2.32. The summed E-state index contributed by atoms with van der Waals surface area (Å²) in [6, 6.07) is 0. The van der Waals surface area contributed by atoms with Gasteiger partial charge in [0.2, 0.25) is 0 Å². The van der Waals surface area contributed by atoms with Crippen molar-refractivity contribution in [3.63, 3.8) is 0 Å². The molecule has 0 aromatic heterocycles. The molecule has 0 heterocycles. The summed E-state index contributed by atoms with van der Waals surface area (Å²) < 4.78 is 0. The van der Waals surface area contributed by atoms with Gasteiger partial charge in [0.05, 0.1) is 0 Å².